The Bertz CT molecular complexity index is 568. The van der Waals surface area contributed by atoms with Crippen molar-refractivity contribution < 1.29 is 19.4 Å². The maximum absolute atomic E-state index is 13.0. The monoisotopic (exact) mass is 331 g/mol. The van der Waals surface area contributed by atoms with E-state index in [-0.39, 0.29) is 23.8 Å². The van der Waals surface area contributed by atoms with Crippen molar-refractivity contribution in [1.29, 1.82) is 0 Å². The summed E-state index contributed by atoms with van der Waals surface area (Å²) in [6.07, 6.45) is 3.88. The molecule has 1 unspecified atom stereocenters. The van der Waals surface area contributed by atoms with Crippen LogP contribution in [0.2, 0.25) is 0 Å². The van der Waals surface area contributed by atoms with E-state index in [1.54, 1.807) is 0 Å². The number of benzene rings is 1. The molecule has 2 aliphatic rings. The number of hydrogen-bond donors (Lipinski definition) is 1. The number of hydrogen-bond acceptors (Lipinski definition) is 3. The Morgan fingerprint density at radius 3 is 2.50 bits per heavy atom. The first kappa shape index (κ1) is 17.0. The van der Waals surface area contributed by atoms with Gasteiger partial charge in [0.2, 0.25) is 5.91 Å². The number of carboxylic acid groups (broad SMARTS) is 1. The second-order valence-corrected chi connectivity index (χ2v) is 6.88. The predicted octanol–water partition coefficient (Wildman–Crippen LogP) is 2.70. The Morgan fingerprint density at radius 2 is 1.88 bits per heavy atom. The van der Waals surface area contributed by atoms with Gasteiger partial charge in [0.15, 0.2) is 0 Å². The van der Waals surface area contributed by atoms with Gasteiger partial charge in [0.1, 0.15) is 0 Å². The first-order valence-electron chi connectivity index (χ1n) is 8.80. The third kappa shape index (κ3) is 4.15. The molecule has 5 heteroatoms. The zero-order valence-electron chi connectivity index (χ0n) is 13.9. The summed E-state index contributed by atoms with van der Waals surface area (Å²) in [4.78, 5) is 26.0. The second kappa shape index (κ2) is 7.79. The predicted molar refractivity (Wildman–Crippen MR) is 89.3 cm³/mol. The number of carbonyl (C=O) groups is 2. The number of ether oxygens (including phenoxy) is 1. The van der Waals surface area contributed by atoms with Gasteiger partial charge in [-0.25, -0.2) is 0 Å². The average molecular weight is 331 g/mol. The Labute approximate surface area is 142 Å². The van der Waals surface area contributed by atoms with E-state index in [1.807, 2.05) is 35.2 Å². The Balaban J connectivity index is 1.68. The lowest BCUT2D eigenvalue weighted by molar-refractivity contribution is -0.142. The summed E-state index contributed by atoms with van der Waals surface area (Å²) in [5.41, 5.74) is 1.09. The molecule has 0 spiro atoms. The molecule has 0 bridgehead atoms. The Hall–Kier alpha value is -1.88. The summed E-state index contributed by atoms with van der Waals surface area (Å²) in [5, 5.41) is 9.17. The van der Waals surface area contributed by atoms with Crippen LogP contribution >= 0.6 is 0 Å². The highest BCUT2D eigenvalue weighted by Crippen LogP contribution is 2.33. The largest absolute Gasteiger partial charge is 0.481 e. The van der Waals surface area contributed by atoms with Crippen LogP contribution in [0.15, 0.2) is 30.3 Å². The standard InChI is InChI=1S/C19H25NO4/c21-18(15-8-9-16(11-15)19(22)23)20(13-17-7-4-10-24-17)12-14-5-2-1-3-6-14/h1-3,5-6,15-17H,4,7-13H2,(H,22,23)/t15-,16+,17?/m0/s1. The Morgan fingerprint density at radius 1 is 1.12 bits per heavy atom. The van der Waals surface area contributed by atoms with E-state index in [0.717, 1.165) is 25.0 Å². The minimum Gasteiger partial charge on any atom is -0.481 e. The lowest BCUT2D eigenvalue weighted by Crippen LogP contribution is -2.40. The van der Waals surface area contributed by atoms with Gasteiger partial charge in [0.05, 0.1) is 12.0 Å². The molecule has 1 aliphatic carbocycles. The molecule has 1 aromatic rings. The molecule has 1 saturated heterocycles. The van der Waals surface area contributed by atoms with Crippen molar-refractivity contribution in [3.8, 4) is 0 Å². The van der Waals surface area contributed by atoms with Gasteiger partial charge >= 0.3 is 5.97 Å². The number of carboxylic acids is 1. The third-order valence-electron chi connectivity index (χ3n) is 5.11. The van der Waals surface area contributed by atoms with Gasteiger partial charge in [-0.15, -0.1) is 0 Å². The lowest BCUT2D eigenvalue weighted by Gasteiger charge is -2.28. The van der Waals surface area contributed by atoms with Crippen LogP contribution in [0.25, 0.3) is 0 Å². The van der Waals surface area contributed by atoms with Crippen LogP contribution in [0.4, 0.5) is 0 Å². The maximum Gasteiger partial charge on any atom is 0.306 e. The van der Waals surface area contributed by atoms with E-state index in [2.05, 4.69) is 0 Å². The molecule has 24 heavy (non-hydrogen) atoms. The van der Waals surface area contributed by atoms with Crippen molar-refractivity contribution in [2.24, 2.45) is 11.8 Å². The number of nitrogens with zero attached hydrogens (tertiary/aromatic N) is 1. The van der Waals surface area contributed by atoms with Crippen molar-refractivity contribution >= 4 is 11.9 Å². The van der Waals surface area contributed by atoms with Crippen LogP contribution in [-0.4, -0.2) is 41.1 Å². The highest BCUT2D eigenvalue weighted by molar-refractivity contribution is 5.81. The number of rotatable bonds is 6. The number of aliphatic carboxylic acids is 1. The molecule has 1 aliphatic heterocycles. The summed E-state index contributed by atoms with van der Waals surface area (Å²) in [6.45, 7) is 1.93. The van der Waals surface area contributed by atoms with Crippen LogP contribution in [0.1, 0.15) is 37.7 Å². The highest BCUT2D eigenvalue weighted by atomic mass is 16.5. The third-order valence-corrected chi connectivity index (χ3v) is 5.11. The molecule has 1 aromatic carbocycles. The van der Waals surface area contributed by atoms with E-state index < -0.39 is 5.97 Å². The van der Waals surface area contributed by atoms with Crippen LogP contribution < -0.4 is 0 Å². The van der Waals surface area contributed by atoms with Crippen molar-refractivity contribution in [2.45, 2.75) is 44.8 Å². The van der Waals surface area contributed by atoms with Crippen LogP contribution in [0.3, 0.4) is 0 Å². The number of carbonyl (C=O) groups excluding carboxylic acids is 1. The molecular weight excluding hydrogens is 306 g/mol. The molecule has 0 aromatic heterocycles. The fourth-order valence-corrected chi connectivity index (χ4v) is 3.76. The molecule has 5 nitrogen and oxygen atoms in total. The fraction of sp³-hybridized carbons (Fsp3) is 0.579. The van der Waals surface area contributed by atoms with Gasteiger partial charge < -0.3 is 14.7 Å². The van der Waals surface area contributed by atoms with Crippen LogP contribution in [-0.2, 0) is 20.9 Å². The topological polar surface area (TPSA) is 66.8 Å². The van der Waals surface area contributed by atoms with Crippen molar-refractivity contribution in [3.05, 3.63) is 35.9 Å². The van der Waals surface area contributed by atoms with E-state index >= 15 is 0 Å². The molecule has 1 saturated carbocycles. The lowest BCUT2D eigenvalue weighted by atomic mass is 10.0. The SMILES string of the molecule is O=C(O)[C@@H]1CC[C@H](C(=O)N(Cc2ccccc2)CC2CCCO2)C1. The van der Waals surface area contributed by atoms with Gasteiger partial charge in [-0.3, -0.25) is 9.59 Å². The highest BCUT2D eigenvalue weighted by Gasteiger charge is 2.36. The molecule has 3 rings (SSSR count). The molecule has 1 N–H and O–H groups in total. The maximum atomic E-state index is 13.0. The molecular formula is C19H25NO4. The quantitative estimate of drug-likeness (QED) is 0.870. The molecule has 1 amide bonds. The van der Waals surface area contributed by atoms with Gasteiger partial charge in [-0.2, -0.15) is 0 Å². The normalized spacial score (nSPS) is 26.4. The minimum absolute atomic E-state index is 0.0816. The zero-order valence-corrected chi connectivity index (χ0v) is 13.9. The van der Waals surface area contributed by atoms with Crippen LogP contribution in [0.5, 0.6) is 0 Å². The van der Waals surface area contributed by atoms with Crippen molar-refractivity contribution in [2.75, 3.05) is 13.2 Å². The summed E-state index contributed by atoms with van der Waals surface area (Å²) in [6, 6.07) is 9.94. The average Bonchev–Trinajstić information content (AvgIpc) is 3.26. The fourth-order valence-electron chi connectivity index (χ4n) is 3.76. The van der Waals surface area contributed by atoms with E-state index in [1.165, 1.54) is 0 Å². The zero-order chi connectivity index (χ0) is 16.9. The van der Waals surface area contributed by atoms with Gasteiger partial charge in [0.25, 0.3) is 0 Å². The van der Waals surface area contributed by atoms with Gasteiger partial charge in [-0.1, -0.05) is 30.3 Å². The second-order valence-electron chi connectivity index (χ2n) is 6.88. The first-order valence-corrected chi connectivity index (χ1v) is 8.80. The molecule has 2 fully saturated rings. The Kier molecular flexibility index (Phi) is 5.51. The molecule has 130 valence electrons. The summed E-state index contributed by atoms with van der Waals surface area (Å²) < 4.78 is 5.71. The van der Waals surface area contributed by atoms with Crippen LogP contribution in [0, 0.1) is 11.8 Å². The molecule has 0 radical (unpaired) electrons. The van der Waals surface area contributed by atoms with Gasteiger partial charge in [0, 0.05) is 25.6 Å². The van der Waals surface area contributed by atoms with Crippen molar-refractivity contribution in [3.63, 3.8) is 0 Å². The van der Waals surface area contributed by atoms with E-state index in [0.29, 0.717) is 32.4 Å². The molecule has 1 heterocycles. The van der Waals surface area contributed by atoms with Crippen molar-refractivity contribution in [1.82, 2.24) is 4.90 Å². The first-order chi connectivity index (χ1) is 11.6. The van der Waals surface area contributed by atoms with E-state index in [9.17, 15) is 14.7 Å². The molecule has 3 atom stereocenters. The summed E-state index contributed by atoms with van der Waals surface area (Å²) >= 11 is 0. The smallest absolute Gasteiger partial charge is 0.306 e. The van der Waals surface area contributed by atoms with E-state index in [4.69, 9.17) is 4.74 Å². The minimum atomic E-state index is -0.779. The number of amides is 1. The summed E-state index contributed by atoms with van der Waals surface area (Å²) in [5.74, 6) is -1.24. The summed E-state index contributed by atoms with van der Waals surface area (Å²) in [7, 11) is 0. The van der Waals surface area contributed by atoms with Gasteiger partial charge in [-0.05, 0) is 37.7 Å².